The van der Waals surface area contributed by atoms with Crippen molar-refractivity contribution in [3.05, 3.63) is 0 Å². The van der Waals surface area contributed by atoms with Crippen molar-refractivity contribution >= 4 is 5.91 Å². The summed E-state index contributed by atoms with van der Waals surface area (Å²) in [6.45, 7) is 6.14. The van der Waals surface area contributed by atoms with Gasteiger partial charge in [-0.25, -0.2) is 0 Å². The zero-order valence-corrected chi connectivity index (χ0v) is 8.84. The van der Waals surface area contributed by atoms with Crippen LogP contribution in [0.5, 0.6) is 0 Å². The van der Waals surface area contributed by atoms with Crippen molar-refractivity contribution in [1.82, 2.24) is 10.2 Å². The molecule has 0 aromatic rings. The average Bonchev–Trinajstić information content (AvgIpc) is 2.09. The minimum atomic E-state index is 0.320. The topological polar surface area (TPSA) is 32.3 Å². The summed E-state index contributed by atoms with van der Waals surface area (Å²) >= 11 is 0. The Bertz CT molecular complexity index is 182. The third-order valence-electron chi connectivity index (χ3n) is 2.71. The smallest absolute Gasteiger partial charge is 0.222 e. The van der Waals surface area contributed by atoms with Crippen molar-refractivity contribution < 1.29 is 4.79 Å². The van der Waals surface area contributed by atoms with Crippen LogP contribution in [0, 0.1) is 5.92 Å². The number of likely N-dealkylation sites (tertiary alicyclic amines) is 1. The van der Waals surface area contributed by atoms with E-state index in [2.05, 4.69) is 19.2 Å². The molecule has 13 heavy (non-hydrogen) atoms. The quantitative estimate of drug-likeness (QED) is 0.705. The highest BCUT2D eigenvalue weighted by Gasteiger charge is 2.26. The van der Waals surface area contributed by atoms with E-state index < -0.39 is 0 Å². The largest absolute Gasteiger partial charge is 0.338 e. The molecule has 0 bridgehead atoms. The van der Waals surface area contributed by atoms with E-state index in [0.717, 1.165) is 25.9 Å². The number of carbonyl (C=O) groups excluding carboxylic acids is 1. The Morgan fingerprint density at radius 1 is 1.69 bits per heavy atom. The first kappa shape index (κ1) is 10.5. The van der Waals surface area contributed by atoms with Crippen LogP contribution in [-0.2, 0) is 4.79 Å². The molecule has 2 atom stereocenters. The Morgan fingerprint density at radius 2 is 2.38 bits per heavy atom. The first-order valence-electron chi connectivity index (χ1n) is 5.09. The number of piperidine rings is 1. The molecule has 1 saturated heterocycles. The van der Waals surface area contributed by atoms with E-state index in [9.17, 15) is 4.79 Å². The fourth-order valence-electron chi connectivity index (χ4n) is 1.87. The fraction of sp³-hybridized carbons (Fsp3) is 0.900. The molecule has 1 fully saturated rings. The van der Waals surface area contributed by atoms with Gasteiger partial charge in [0.1, 0.15) is 0 Å². The Labute approximate surface area is 80.5 Å². The molecule has 1 aliphatic heterocycles. The maximum Gasteiger partial charge on any atom is 0.222 e. The van der Waals surface area contributed by atoms with E-state index in [1.807, 2.05) is 11.9 Å². The van der Waals surface area contributed by atoms with Crippen LogP contribution < -0.4 is 5.32 Å². The van der Waals surface area contributed by atoms with E-state index in [4.69, 9.17) is 0 Å². The first-order valence-corrected chi connectivity index (χ1v) is 5.09. The summed E-state index contributed by atoms with van der Waals surface area (Å²) in [4.78, 5) is 13.6. The Hall–Kier alpha value is -0.570. The third-order valence-corrected chi connectivity index (χ3v) is 2.71. The molecule has 1 rings (SSSR count). The lowest BCUT2D eigenvalue weighted by Gasteiger charge is -2.35. The molecule has 0 spiro atoms. The van der Waals surface area contributed by atoms with E-state index in [-0.39, 0.29) is 0 Å². The number of carbonyl (C=O) groups is 1. The van der Waals surface area contributed by atoms with Gasteiger partial charge in [-0.05, 0) is 26.3 Å². The second-order valence-corrected chi connectivity index (χ2v) is 4.10. The second-order valence-electron chi connectivity index (χ2n) is 4.10. The third kappa shape index (κ3) is 2.69. The molecule has 3 heteroatoms. The number of amides is 1. The minimum absolute atomic E-state index is 0.320. The molecule has 1 heterocycles. The summed E-state index contributed by atoms with van der Waals surface area (Å²) < 4.78 is 0. The highest BCUT2D eigenvalue weighted by atomic mass is 16.2. The summed E-state index contributed by atoms with van der Waals surface area (Å²) in [7, 11) is 1.92. The van der Waals surface area contributed by atoms with Gasteiger partial charge in [0.05, 0.1) is 0 Å². The van der Waals surface area contributed by atoms with E-state index in [1.165, 1.54) is 0 Å². The molecule has 3 nitrogen and oxygen atoms in total. The summed E-state index contributed by atoms with van der Waals surface area (Å²) in [5, 5.41) is 3.11. The molecule has 0 aromatic heterocycles. The Balaban J connectivity index is 2.49. The lowest BCUT2D eigenvalue weighted by atomic mass is 9.98. The van der Waals surface area contributed by atoms with Crippen LogP contribution in [-0.4, -0.2) is 37.0 Å². The van der Waals surface area contributed by atoms with Crippen molar-refractivity contribution in [2.24, 2.45) is 5.92 Å². The normalized spacial score (nSPS) is 26.2. The van der Waals surface area contributed by atoms with Gasteiger partial charge < -0.3 is 10.2 Å². The molecule has 0 radical (unpaired) electrons. The lowest BCUT2D eigenvalue weighted by molar-refractivity contribution is -0.136. The monoisotopic (exact) mass is 184 g/mol. The summed E-state index contributed by atoms with van der Waals surface area (Å²) in [5.41, 5.74) is 0. The first-order chi connectivity index (χ1) is 6.15. The number of rotatable bonds is 3. The zero-order valence-electron chi connectivity index (χ0n) is 8.84. The molecular formula is C10H20N2O. The van der Waals surface area contributed by atoms with Crippen molar-refractivity contribution in [3.63, 3.8) is 0 Å². The molecule has 0 saturated carbocycles. The highest BCUT2D eigenvalue weighted by Crippen LogP contribution is 2.18. The van der Waals surface area contributed by atoms with Crippen LogP contribution in [0.2, 0.25) is 0 Å². The summed E-state index contributed by atoms with van der Waals surface area (Å²) in [5.74, 6) is 0.984. The van der Waals surface area contributed by atoms with Crippen molar-refractivity contribution in [2.75, 3.05) is 20.1 Å². The maximum absolute atomic E-state index is 11.6. The van der Waals surface area contributed by atoms with Gasteiger partial charge in [-0.15, -0.1) is 0 Å². The number of hydrogen-bond donors (Lipinski definition) is 1. The molecule has 1 amide bonds. The average molecular weight is 184 g/mol. The van der Waals surface area contributed by atoms with Gasteiger partial charge in [-0.1, -0.05) is 6.92 Å². The number of likely N-dealkylation sites (N-methyl/N-ethyl adjacent to an activating group) is 1. The minimum Gasteiger partial charge on any atom is -0.338 e. The molecule has 2 unspecified atom stereocenters. The van der Waals surface area contributed by atoms with Gasteiger partial charge in [0, 0.05) is 25.6 Å². The fourth-order valence-corrected chi connectivity index (χ4v) is 1.87. The van der Waals surface area contributed by atoms with E-state index in [1.54, 1.807) is 0 Å². The van der Waals surface area contributed by atoms with Crippen LogP contribution in [0.1, 0.15) is 26.7 Å². The Kier molecular flexibility index (Phi) is 3.72. The summed E-state index contributed by atoms with van der Waals surface area (Å²) in [6.07, 6.45) is 1.79. The van der Waals surface area contributed by atoms with Crippen LogP contribution in [0.3, 0.4) is 0 Å². The lowest BCUT2D eigenvalue weighted by Crippen LogP contribution is -2.48. The standard InChI is InChI=1S/C10H20N2O/c1-8-4-5-10(13)12(7-8)9(2)6-11-3/h8-9,11H,4-7H2,1-3H3. The second kappa shape index (κ2) is 4.61. The van der Waals surface area contributed by atoms with Gasteiger partial charge in [-0.3, -0.25) is 4.79 Å². The van der Waals surface area contributed by atoms with E-state index in [0.29, 0.717) is 17.9 Å². The molecule has 1 N–H and O–H groups in total. The van der Waals surface area contributed by atoms with Crippen molar-refractivity contribution in [1.29, 1.82) is 0 Å². The zero-order chi connectivity index (χ0) is 9.84. The maximum atomic E-state index is 11.6. The van der Waals surface area contributed by atoms with Crippen LogP contribution in [0.4, 0.5) is 0 Å². The highest BCUT2D eigenvalue weighted by molar-refractivity contribution is 5.77. The van der Waals surface area contributed by atoms with E-state index >= 15 is 0 Å². The van der Waals surface area contributed by atoms with Gasteiger partial charge in [0.2, 0.25) is 5.91 Å². The van der Waals surface area contributed by atoms with Gasteiger partial charge >= 0.3 is 0 Å². The predicted octanol–water partition coefficient (Wildman–Crippen LogP) is 0.853. The SMILES string of the molecule is CNCC(C)N1CC(C)CCC1=O. The van der Waals surface area contributed by atoms with Gasteiger partial charge in [0.15, 0.2) is 0 Å². The molecule has 0 aliphatic carbocycles. The van der Waals surface area contributed by atoms with Crippen molar-refractivity contribution in [3.8, 4) is 0 Å². The predicted molar refractivity (Wildman–Crippen MR) is 53.5 cm³/mol. The Morgan fingerprint density at radius 3 is 3.00 bits per heavy atom. The number of nitrogens with zero attached hydrogens (tertiary/aromatic N) is 1. The molecule has 0 aromatic carbocycles. The van der Waals surface area contributed by atoms with Gasteiger partial charge in [0.25, 0.3) is 0 Å². The van der Waals surface area contributed by atoms with Gasteiger partial charge in [-0.2, -0.15) is 0 Å². The van der Waals surface area contributed by atoms with Crippen molar-refractivity contribution in [2.45, 2.75) is 32.7 Å². The molecular weight excluding hydrogens is 164 g/mol. The van der Waals surface area contributed by atoms with Crippen LogP contribution in [0.15, 0.2) is 0 Å². The number of nitrogens with one attached hydrogen (secondary N) is 1. The van der Waals surface area contributed by atoms with Crippen LogP contribution >= 0.6 is 0 Å². The number of hydrogen-bond acceptors (Lipinski definition) is 2. The van der Waals surface area contributed by atoms with Crippen LogP contribution in [0.25, 0.3) is 0 Å². The summed E-state index contributed by atoms with van der Waals surface area (Å²) in [6, 6.07) is 0.334. The molecule has 1 aliphatic rings. The molecule has 76 valence electrons.